The number of carbonyl (C=O) groups is 4. The summed E-state index contributed by atoms with van der Waals surface area (Å²) in [5, 5.41) is 18.3. The lowest BCUT2D eigenvalue weighted by atomic mass is 9.98. The summed E-state index contributed by atoms with van der Waals surface area (Å²) in [6.07, 6.45) is 4.15. The van der Waals surface area contributed by atoms with Crippen LogP contribution in [-0.2, 0) is 36.9 Å². The number of allylic oxidation sites excluding steroid dienone is 2. The molecule has 1 aliphatic heterocycles. The minimum absolute atomic E-state index is 0.0361. The number of aliphatic hydroxyl groups is 1. The summed E-state index contributed by atoms with van der Waals surface area (Å²) in [5.41, 5.74) is 6.38. The smallest absolute Gasteiger partial charge is 0.407 e. The predicted molar refractivity (Wildman–Crippen MR) is 207 cm³/mol. The summed E-state index contributed by atoms with van der Waals surface area (Å²) in [6, 6.07) is 32.0. The Morgan fingerprint density at radius 1 is 0.855 bits per heavy atom. The number of hydrogen-bond donors (Lipinski definition) is 4. The Balaban J connectivity index is 0.971. The van der Waals surface area contributed by atoms with E-state index in [1.807, 2.05) is 97.1 Å². The van der Waals surface area contributed by atoms with Gasteiger partial charge in [0.1, 0.15) is 31.6 Å². The zero-order valence-electron chi connectivity index (χ0n) is 30.7. The standard InChI is InChI=1S/C44H47N3O8/c48-27-33(25-30-19-21-34(22-20-30)54-28-31-11-3-1-4-12-31)46-41(49)26-32-13-5-2-6-18-40(43(51)53-24-23-45-42(32)50)47-44(52)55-29-39-37-16-9-7-14-35(37)36-15-8-10-17-38(36)39/h1-5,7-12,14-17,19-22,32-33,39-40,48H,6,13,18,23-29H2,(H,45,50)(H,46,49)(H,47,52)/t32-,33+,40+/m1/s1. The normalized spacial score (nSPS) is 17.8. The summed E-state index contributed by atoms with van der Waals surface area (Å²) < 4.78 is 16.9. The van der Waals surface area contributed by atoms with Crippen molar-refractivity contribution in [2.45, 2.75) is 56.7 Å². The highest BCUT2D eigenvalue weighted by Crippen LogP contribution is 2.44. The SMILES string of the molecule is O=C(C[C@H]1CC=CCC[C@H](NC(=O)OCC2c3ccccc3-c3ccccc32)C(=O)OCCNC1=O)N[C@H](CO)Cc1ccc(OCc2ccccc2)cc1. The third-order valence-corrected chi connectivity index (χ3v) is 9.82. The Hall–Kier alpha value is -5.94. The van der Waals surface area contributed by atoms with Crippen LogP contribution in [0.1, 0.15) is 53.9 Å². The van der Waals surface area contributed by atoms with Gasteiger partial charge in [0.15, 0.2) is 0 Å². The molecule has 11 heteroatoms. The highest BCUT2D eigenvalue weighted by atomic mass is 16.6. The number of nitrogens with one attached hydrogen (secondary N) is 3. The Kier molecular flexibility index (Phi) is 13.7. The van der Waals surface area contributed by atoms with Crippen LogP contribution >= 0.6 is 0 Å². The molecule has 286 valence electrons. The lowest BCUT2D eigenvalue weighted by Crippen LogP contribution is -2.43. The van der Waals surface area contributed by atoms with Crippen molar-refractivity contribution in [2.24, 2.45) is 5.92 Å². The molecular weight excluding hydrogens is 698 g/mol. The number of esters is 1. The van der Waals surface area contributed by atoms with E-state index in [1.165, 1.54) is 0 Å². The zero-order valence-corrected chi connectivity index (χ0v) is 30.7. The maximum Gasteiger partial charge on any atom is 0.407 e. The first-order valence-electron chi connectivity index (χ1n) is 18.7. The van der Waals surface area contributed by atoms with Crippen LogP contribution in [0.5, 0.6) is 5.75 Å². The molecule has 0 saturated carbocycles. The van der Waals surface area contributed by atoms with Crippen LogP contribution in [0.4, 0.5) is 4.79 Å². The van der Waals surface area contributed by atoms with Gasteiger partial charge in [-0.15, -0.1) is 0 Å². The Labute approximate surface area is 321 Å². The third kappa shape index (κ3) is 10.8. The molecule has 0 spiro atoms. The van der Waals surface area contributed by atoms with Crippen LogP contribution in [0.2, 0.25) is 0 Å². The molecule has 0 saturated heterocycles. The monoisotopic (exact) mass is 745 g/mol. The van der Waals surface area contributed by atoms with Gasteiger partial charge in [-0.05, 0) is 71.2 Å². The van der Waals surface area contributed by atoms with E-state index in [9.17, 15) is 24.3 Å². The van der Waals surface area contributed by atoms with E-state index in [2.05, 4.69) is 28.1 Å². The topological polar surface area (TPSA) is 152 Å². The van der Waals surface area contributed by atoms with E-state index >= 15 is 0 Å². The molecule has 0 fully saturated rings. The fourth-order valence-corrected chi connectivity index (χ4v) is 6.95. The molecule has 0 unspecified atom stereocenters. The lowest BCUT2D eigenvalue weighted by Gasteiger charge is -2.20. The van der Waals surface area contributed by atoms with E-state index in [4.69, 9.17) is 14.2 Å². The highest BCUT2D eigenvalue weighted by molar-refractivity contribution is 5.86. The second kappa shape index (κ2) is 19.4. The molecule has 11 nitrogen and oxygen atoms in total. The summed E-state index contributed by atoms with van der Waals surface area (Å²) in [7, 11) is 0. The van der Waals surface area contributed by atoms with Crippen molar-refractivity contribution in [3.8, 4) is 16.9 Å². The third-order valence-electron chi connectivity index (χ3n) is 9.82. The average Bonchev–Trinajstić information content (AvgIpc) is 3.53. The molecule has 4 aromatic rings. The van der Waals surface area contributed by atoms with Crippen molar-refractivity contribution in [1.82, 2.24) is 16.0 Å². The number of carbonyl (C=O) groups excluding carboxylic acids is 4. The highest BCUT2D eigenvalue weighted by Gasteiger charge is 2.30. The molecular formula is C44H47N3O8. The zero-order chi connectivity index (χ0) is 38.4. The van der Waals surface area contributed by atoms with Crippen molar-refractivity contribution < 1.29 is 38.5 Å². The molecule has 55 heavy (non-hydrogen) atoms. The number of ether oxygens (including phenoxy) is 3. The molecule has 4 aromatic carbocycles. The minimum Gasteiger partial charge on any atom is -0.489 e. The molecule has 1 heterocycles. The minimum atomic E-state index is -0.952. The van der Waals surface area contributed by atoms with Gasteiger partial charge in [-0.25, -0.2) is 9.59 Å². The molecule has 1 aliphatic carbocycles. The summed E-state index contributed by atoms with van der Waals surface area (Å²) >= 11 is 0. The number of benzene rings is 4. The van der Waals surface area contributed by atoms with E-state index < -0.39 is 30.1 Å². The fraction of sp³-hybridized carbons (Fsp3) is 0.318. The number of alkyl carbamates (subject to hydrolysis) is 1. The van der Waals surface area contributed by atoms with E-state index in [1.54, 1.807) is 6.08 Å². The number of fused-ring (bicyclic) bond motifs is 3. The first kappa shape index (κ1) is 38.8. The van der Waals surface area contributed by atoms with Crippen molar-refractivity contribution in [3.63, 3.8) is 0 Å². The summed E-state index contributed by atoms with van der Waals surface area (Å²) in [4.78, 5) is 52.1. The molecule has 4 N–H and O–H groups in total. The Morgan fingerprint density at radius 3 is 2.25 bits per heavy atom. The van der Waals surface area contributed by atoms with Crippen molar-refractivity contribution >= 4 is 23.9 Å². The maximum absolute atomic E-state index is 13.1. The van der Waals surface area contributed by atoms with Gasteiger partial charge in [0.25, 0.3) is 0 Å². The van der Waals surface area contributed by atoms with Crippen LogP contribution in [0.25, 0.3) is 11.1 Å². The van der Waals surface area contributed by atoms with Crippen molar-refractivity contribution in [1.29, 1.82) is 0 Å². The number of amides is 3. The summed E-state index contributed by atoms with van der Waals surface area (Å²) in [6.45, 7) is 0.216. The molecule has 3 atom stereocenters. The first-order chi connectivity index (χ1) is 26.9. The van der Waals surface area contributed by atoms with Gasteiger partial charge in [0, 0.05) is 12.3 Å². The quantitative estimate of drug-likeness (QED) is 0.108. The maximum atomic E-state index is 13.1. The predicted octanol–water partition coefficient (Wildman–Crippen LogP) is 5.60. The van der Waals surface area contributed by atoms with Gasteiger partial charge in [-0.2, -0.15) is 0 Å². The van der Waals surface area contributed by atoms with Crippen LogP contribution in [0.3, 0.4) is 0 Å². The van der Waals surface area contributed by atoms with Gasteiger partial charge in [0.05, 0.1) is 25.1 Å². The van der Waals surface area contributed by atoms with Gasteiger partial charge in [0.2, 0.25) is 11.8 Å². The van der Waals surface area contributed by atoms with Gasteiger partial charge in [-0.3, -0.25) is 9.59 Å². The fourth-order valence-electron chi connectivity index (χ4n) is 6.95. The Bertz CT molecular complexity index is 1900. The number of rotatable bonds is 12. The van der Waals surface area contributed by atoms with Crippen LogP contribution in [0, 0.1) is 5.92 Å². The second-order valence-corrected chi connectivity index (χ2v) is 13.7. The largest absolute Gasteiger partial charge is 0.489 e. The molecule has 0 bridgehead atoms. The van der Waals surface area contributed by atoms with E-state index in [0.29, 0.717) is 25.2 Å². The number of hydrogen-bond acceptors (Lipinski definition) is 8. The number of cyclic esters (lactones) is 1. The number of aliphatic hydroxyl groups excluding tert-OH is 1. The molecule has 0 radical (unpaired) electrons. The van der Waals surface area contributed by atoms with Gasteiger partial charge in [-0.1, -0.05) is 103 Å². The molecule has 2 aliphatic rings. The van der Waals surface area contributed by atoms with Crippen LogP contribution in [0.15, 0.2) is 115 Å². The Morgan fingerprint density at radius 2 is 1.55 bits per heavy atom. The molecule has 0 aromatic heterocycles. The second-order valence-electron chi connectivity index (χ2n) is 13.7. The van der Waals surface area contributed by atoms with E-state index in [0.717, 1.165) is 33.4 Å². The average molecular weight is 746 g/mol. The van der Waals surface area contributed by atoms with Crippen molar-refractivity contribution in [2.75, 3.05) is 26.4 Å². The van der Waals surface area contributed by atoms with Crippen LogP contribution < -0.4 is 20.7 Å². The molecule has 6 rings (SSSR count). The first-order valence-corrected chi connectivity index (χ1v) is 18.7. The summed E-state index contributed by atoms with van der Waals surface area (Å²) in [5.74, 6) is -1.43. The molecule has 3 amide bonds. The van der Waals surface area contributed by atoms with Gasteiger partial charge >= 0.3 is 12.1 Å². The van der Waals surface area contributed by atoms with Gasteiger partial charge < -0.3 is 35.3 Å². The lowest BCUT2D eigenvalue weighted by molar-refractivity contribution is -0.146. The van der Waals surface area contributed by atoms with Crippen LogP contribution in [-0.4, -0.2) is 67.4 Å². The van der Waals surface area contributed by atoms with E-state index in [-0.39, 0.29) is 63.4 Å². The van der Waals surface area contributed by atoms with Crippen molar-refractivity contribution in [3.05, 3.63) is 138 Å².